The first-order valence-corrected chi connectivity index (χ1v) is 8.45. The van der Waals surface area contributed by atoms with E-state index in [-0.39, 0.29) is 29.2 Å². The lowest BCUT2D eigenvalue weighted by molar-refractivity contribution is 0.370. The van der Waals surface area contributed by atoms with Crippen LogP contribution >= 0.6 is 11.6 Å². The van der Waals surface area contributed by atoms with Gasteiger partial charge in [-0.25, -0.2) is 12.8 Å². The Kier molecular flexibility index (Phi) is 4.48. The predicted octanol–water partition coefficient (Wildman–Crippen LogP) is 2.03. The largest absolute Gasteiger partial charge is 0.330 e. The number of sulfone groups is 1. The van der Waals surface area contributed by atoms with Gasteiger partial charge in [0.05, 0.1) is 11.5 Å². The third kappa shape index (κ3) is 3.68. The zero-order valence-electron chi connectivity index (χ0n) is 10.5. The van der Waals surface area contributed by atoms with Crippen molar-refractivity contribution in [2.75, 3.05) is 18.1 Å². The second-order valence-corrected chi connectivity index (χ2v) is 7.73. The van der Waals surface area contributed by atoms with Crippen LogP contribution in [0.25, 0.3) is 0 Å². The first-order chi connectivity index (χ1) is 8.91. The molecule has 0 amide bonds. The monoisotopic (exact) mass is 305 g/mol. The number of rotatable bonds is 4. The van der Waals surface area contributed by atoms with E-state index in [0.717, 1.165) is 0 Å². The maximum absolute atomic E-state index is 13.2. The van der Waals surface area contributed by atoms with E-state index in [2.05, 4.69) is 0 Å². The summed E-state index contributed by atoms with van der Waals surface area (Å²) in [6, 6.07) is 4.23. The molecular weight excluding hydrogens is 289 g/mol. The summed E-state index contributed by atoms with van der Waals surface area (Å²) in [5, 5.41) is 0.501. The Bertz CT molecular complexity index is 562. The quantitative estimate of drug-likeness (QED) is 0.926. The normalized spacial score (nSPS) is 23.4. The van der Waals surface area contributed by atoms with Crippen LogP contribution in [0.3, 0.4) is 0 Å². The minimum Gasteiger partial charge on any atom is -0.330 e. The molecular formula is C13H17ClFNO2S. The van der Waals surface area contributed by atoms with Gasteiger partial charge in [0.25, 0.3) is 0 Å². The van der Waals surface area contributed by atoms with E-state index in [1.165, 1.54) is 18.2 Å². The van der Waals surface area contributed by atoms with Crippen LogP contribution < -0.4 is 5.73 Å². The molecule has 1 aliphatic rings. The second kappa shape index (κ2) is 5.77. The van der Waals surface area contributed by atoms with Gasteiger partial charge in [-0.15, -0.1) is 0 Å². The molecule has 2 N–H and O–H groups in total. The fourth-order valence-corrected chi connectivity index (χ4v) is 4.73. The van der Waals surface area contributed by atoms with Crippen molar-refractivity contribution in [3.63, 3.8) is 0 Å². The lowest BCUT2D eigenvalue weighted by Gasteiger charge is -2.21. The fourth-order valence-electron chi connectivity index (χ4n) is 2.62. The number of nitrogens with two attached hydrogens (primary N) is 1. The SMILES string of the molecule is NCC(Cc1cc(F)ccc1Cl)C1CCS(=O)(=O)C1. The van der Waals surface area contributed by atoms with Crippen LogP contribution in [0.1, 0.15) is 12.0 Å². The van der Waals surface area contributed by atoms with Crippen LogP contribution in [0.4, 0.5) is 4.39 Å². The van der Waals surface area contributed by atoms with Gasteiger partial charge in [0.15, 0.2) is 9.84 Å². The summed E-state index contributed by atoms with van der Waals surface area (Å²) in [6.45, 7) is 0.382. The van der Waals surface area contributed by atoms with Gasteiger partial charge in [-0.2, -0.15) is 0 Å². The molecule has 19 heavy (non-hydrogen) atoms. The standard InChI is InChI=1S/C13H17ClFNO2S/c14-13-2-1-12(15)6-10(13)5-11(7-16)9-3-4-19(17,18)8-9/h1-2,6,9,11H,3-5,7-8,16H2. The van der Waals surface area contributed by atoms with E-state index in [0.29, 0.717) is 30.0 Å². The zero-order valence-corrected chi connectivity index (χ0v) is 12.1. The van der Waals surface area contributed by atoms with Crippen LogP contribution in [0.2, 0.25) is 5.02 Å². The van der Waals surface area contributed by atoms with Gasteiger partial charge in [0.2, 0.25) is 0 Å². The molecule has 0 spiro atoms. The minimum absolute atomic E-state index is 0.0246. The molecule has 0 aromatic heterocycles. The van der Waals surface area contributed by atoms with Crippen LogP contribution in [-0.4, -0.2) is 26.5 Å². The Morgan fingerprint density at radius 1 is 1.47 bits per heavy atom. The van der Waals surface area contributed by atoms with Crippen LogP contribution in [0.5, 0.6) is 0 Å². The summed E-state index contributed by atoms with van der Waals surface area (Å²) < 4.78 is 36.2. The molecule has 1 saturated heterocycles. The van der Waals surface area contributed by atoms with Gasteiger partial charge in [-0.1, -0.05) is 11.6 Å². The predicted molar refractivity (Wildman–Crippen MR) is 74.4 cm³/mol. The van der Waals surface area contributed by atoms with Crippen molar-refractivity contribution < 1.29 is 12.8 Å². The van der Waals surface area contributed by atoms with Gasteiger partial charge in [-0.3, -0.25) is 0 Å². The summed E-state index contributed by atoms with van der Waals surface area (Å²) in [7, 11) is -2.92. The maximum atomic E-state index is 13.2. The van der Waals surface area contributed by atoms with Crippen molar-refractivity contribution in [3.8, 4) is 0 Å². The Balaban J connectivity index is 2.13. The summed E-state index contributed by atoms with van der Waals surface area (Å²) in [5.41, 5.74) is 6.44. The number of benzene rings is 1. The van der Waals surface area contributed by atoms with Crippen molar-refractivity contribution in [2.45, 2.75) is 12.8 Å². The second-order valence-electron chi connectivity index (χ2n) is 5.10. The molecule has 1 heterocycles. The van der Waals surface area contributed by atoms with Gasteiger partial charge >= 0.3 is 0 Å². The highest BCUT2D eigenvalue weighted by Gasteiger charge is 2.33. The van der Waals surface area contributed by atoms with E-state index in [1.807, 2.05) is 0 Å². The topological polar surface area (TPSA) is 60.2 Å². The van der Waals surface area contributed by atoms with Crippen LogP contribution in [0.15, 0.2) is 18.2 Å². The molecule has 2 rings (SSSR count). The first-order valence-electron chi connectivity index (χ1n) is 6.25. The van der Waals surface area contributed by atoms with E-state index < -0.39 is 9.84 Å². The van der Waals surface area contributed by atoms with Crippen LogP contribution in [0, 0.1) is 17.7 Å². The molecule has 1 aromatic rings. The third-order valence-electron chi connectivity index (χ3n) is 3.73. The molecule has 1 fully saturated rings. The lowest BCUT2D eigenvalue weighted by atomic mass is 9.86. The Labute approximate surface area is 117 Å². The molecule has 6 heteroatoms. The molecule has 1 aliphatic heterocycles. The molecule has 0 saturated carbocycles. The summed E-state index contributed by atoms with van der Waals surface area (Å²) >= 11 is 6.03. The minimum atomic E-state index is -2.92. The highest BCUT2D eigenvalue weighted by Crippen LogP contribution is 2.30. The highest BCUT2D eigenvalue weighted by atomic mass is 35.5. The van der Waals surface area contributed by atoms with Crippen molar-refractivity contribution in [1.29, 1.82) is 0 Å². The lowest BCUT2D eigenvalue weighted by Crippen LogP contribution is -2.26. The Morgan fingerprint density at radius 3 is 2.79 bits per heavy atom. The number of halogens is 2. The first kappa shape index (κ1) is 14.8. The molecule has 106 valence electrons. The molecule has 0 bridgehead atoms. The van der Waals surface area contributed by atoms with Crippen molar-refractivity contribution in [2.24, 2.45) is 17.6 Å². The van der Waals surface area contributed by atoms with Crippen molar-refractivity contribution in [1.82, 2.24) is 0 Å². The van der Waals surface area contributed by atoms with Crippen molar-refractivity contribution >= 4 is 21.4 Å². The maximum Gasteiger partial charge on any atom is 0.150 e. The summed E-state index contributed by atoms with van der Waals surface area (Å²) in [5.74, 6) is 0.146. The summed E-state index contributed by atoms with van der Waals surface area (Å²) in [6.07, 6.45) is 1.16. The molecule has 2 atom stereocenters. The highest BCUT2D eigenvalue weighted by molar-refractivity contribution is 7.91. The molecule has 0 aliphatic carbocycles. The van der Waals surface area contributed by atoms with Gasteiger partial charge in [0, 0.05) is 5.02 Å². The zero-order chi connectivity index (χ0) is 14.0. The average molecular weight is 306 g/mol. The van der Waals surface area contributed by atoms with Gasteiger partial charge in [-0.05, 0) is 55.0 Å². The molecule has 1 aromatic carbocycles. The summed E-state index contributed by atoms with van der Waals surface area (Å²) in [4.78, 5) is 0. The van der Waals surface area contributed by atoms with Gasteiger partial charge < -0.3 is 5.73 Å². The van der Waals surface area contributed by atoms with E-state index in [9.17, 15) is 12.8 Å². The molecule has 0 radical (unpaired) electrons. The van der Waals surface area contributed by atoms with E-state index >= 15 is 0 Å². The number of hydrogen-bond donors (Lipinski definition) is 1. The number of hydrogen-bond acceptors (Lipinski definition) is 3. The molecule has 2 unspecified atom stereocenters. The van der Waals surface area contributed by atoms with E-state index in [1.54, 1.807) is 0 Å². The van der Waals surface area contributed by atoms with Crippen molar-refractivity contribution in [3.05, 3.63) is 34.6 Å². The third-order valence-corrected chi connectivity index (χ3v) is 5.89. The average Bonchev–Trinajstić information content (AvgIpc) is 2.70. The smallest absolute Gasteiger partial charge is 0.150 e. The fraction of sp³-hybridized carbons (Fsp3) is 0.538. The van der Waals surface area contributed by atoms with E-state index in [4.69, 9.17) is 17.3 Å². The van der Waals surface area contributed by atoms with Crippen LogP contribution in [-0.2, 0) is 16.3 Å². The Hall–Kier alpha value is -0.650. The van der Waals surface area contributed by atoms with Gasteiger partial charge in [0.1, 0.15) is 5.82 Å². The Morgan fingerprint density at radius 2 is 2.21 bits per heavy atom. The molecule has 3 nitrogen and oxygen atoms in total.